The van der Waals surface area contributed by atoms with Crippen molar-refractivity contribution in [1.82, 2.24) is 9.97 Å². The van der Waals surface area contributed by atoms with Crippen molar-refractivity contribution >= 4 is 34.2 Å². The number of rotatable bonds is 2. The lowest BCUT2D eigenvalue weighted by molar-refractivity contribution is 0.494. The Kier molecular flexibility index (Phi) is 3.30. The summed E-state index contributed by atoms with van der Waals surface area (Å²) in [6.45, 7) is 2.16. The highest BCUT2D eigenvalue weighted by Gasteiger charge is 2.52. The van der Waals surface area contributed by atoms with E-state index in [0.29, 0.717) is 24.2 Å². The Bertz CT molecular complexity index is 719. The summed E-state index contributed by atoms with van der Waals surface area (Å²) < 4.78 is 13.3. The van der Waals surface area contributed by atoms with E-state index in [2.05, 4.69) is 19.9 Å². The second-order valence-corrected chi connectivity index (χ2v) is 7.79. The minimum absolute atomic E-state index is 0.167. The van der Waals surface area contributed by atoms with Crippen LogP contribution < -0.4 is 10.6 Å². The predicted molar refractivity (Wildman–Crippen MR) is 87.8 cm³/mol. The van der Waals surface area contributed by atoms with Crippen LogP contribution in [0.2, 0.25) is 0 Å². The first-order chi connectivity index (χ1) is 10.7. The molecule has 2 N–H and O–H groups in total. The van der Waals surface area contributed by atoms with Crippen molar-refractivity contribution in [2.75, 3.05) is 24.5 Å². The van der Waals surface area contributed by atoms with Crippen molar-refractivity contribution in [3.8, 4) is 0 Å². The van der Waals surface area contributed by atoms with Crippen LogP contribution in [0.4, 0.5) is 10.3 Å². The SMILES string of the molecule is NC1=NC[C@H]2CN(c3ncccn3)C[C@]2(c2ccc(F)s2)S1. The molecule has 2 aliphatic heterocycles. The number of thioether (sulfide) groups is 1. The first-order valence-electron chi connectivity index (χ1n) is 6.94. The normalized spacial score (nSPS) is 27.6. The van der Waals surface area contributed by atoms with Gasteiger partial charge in [-0.3, -0.25) is 4.99 Å². The molecule has 0 bridgehead atoms. The number of halogens is 1. The molecule has 114 valence electrons. The summed E-state index contributed by atoms with van der Waals surface area (Å²) >= 11 is 2.74. The van der Waals surface area contributed by atoms with E-state index >= 15 is 0 Å². The van der Waals surface area contributed by atoms with Gasteiger partial charge in [-0.25, -0.2) is 9.97 Å². The lowest BCUT2D eigenvalue weighted by Gasteiger charge is -2.34. The number of anilines is 1. The van der Waals surface area contributed by atoms with Crippen molar-refractivity contribution in [3.63, 3.8) is 0 Å². The van der Waals surface area contributed by atoms with Crippen LogP contribution in [0.15, 0.2) is 35.6 Å². The molecule has 0 aliphatic carbocycles. The minimum atomic E-state index is -0.264. The second-order valence-electron chi connectivity index (χ2n) is 5.40. The zero-order valence-electron chi connectivity index (χ0n) is 11.6. The Morgan fingerprint density at radius 2 is 2.14 bits per heavy atom. The number of hydrogen-bond donors (Lipinski definition) is 1. The van der Waals surface area contributed by atoms with E-state index in [0.717, 1.165) is 11.4 Å². The predicted octanol–water partition coefficient (Wildman–Crippen LogP) is 2.07. The number of fused-ring (bicyclic) bond motifs is 1. The Labute approximate surface area is 135 Å². The van der Waals surface area contributed by atoms with Gasteiger partial charge < -0.3 is 10.6 Å². The zero-order valence-corrected chi connectivity index (χ0v) is 13.3. The topological polar surface area (TPSA) is 67.4 Å². The largest absolute Gasteiger partial charge is 0.379 e. The maximum absolute atomic E-state index is 13.6. The molecular weight excluding hydrogens is 321 g/mol. The maximum Gasteiger partial charge on any atom is 0.225 e. The molecular formula is C14H14FN5S2. The number of aromatic nitrogens is 2. The van der Waals surface area contributed by atoms with Gasteiger partial charge in [-0.1, -0.05) is 11.8 Å². The van der Waals surface area contributed by atoms with E-state index in [1.165, 1.54) is 17.4 Å². The smallest absolute Gasteiger partial charge is 0.225 e. The summed E-state index contributed by atoms with van der Waals surface area (Å²) in [6.07, 6.45) is 3.47. The number of nitrogens with two attached hydrogens (primary N) is 1. The molecule has 2 aromatic rings. The van der Waals surface area contributed by atoms with E-state index in [4.69, 9.17) is 5.73 Å². The fraction of sp³-hybridized carbons (Fsp3) is 0.357. The van der Waals surface area contributed by atoms with E-state index in [9.17, 15) is 4.39 Å². The summed E-state index contributed by atoms with van der Waals surface area (Å²) in [5.41, 5.74) is 5.98. The van der Waals surface area contributed by atoms with Gasteiger partial charge in [0.1, 0.15) is 0 Å². The summed E-state index contributed by atoms with van der Waals surface area (Å²) in [7, 11) is 0. The zero-order chi connectivity index (χ0) is 15.2. The fourth-order valence-electron chi connectivity index (χ4n) is 3.11. The van der Waals surface area contributed by atoms with Crippen LogP contribution in [0.25, 0.3) is 0 Å². The Hall–Kier alpha value is -1.67. The molecule has 2 aliphatic rings. The van der Waals surface area contributed by atoms with Crippen LogP contribution in [0.1, 0.15) is 4.88 Å². The fourth-order valence-corrected chi connectivity index (χ4v) is 5.46. The summed E-state index contributed by atoms with van der Waals surface area (Å²) in [6, 6.07) is 5.19. The molecule has 0 aromatic carbocycles. The lowest BCUT2D eigenvalue weighted by atomic mass is 9.93. The van der Waals surface area contributed by atoms with E-state index in [1.807, 2.05) is 6.07 Å². The number of thiophene rings is 1. The lowest BCUT2D eigenvalue weighted by Crippen LogP contribution is -2.38. The first kappa shape index (κ1) is 14.0. The van der Waals surface area contributed by atoms with Gasteiger partial charge in [0.15, 0.2) is 10.3 Å². The Morgan fingerprint density at radius 3 is 2.86 bits per heavy atom. The molecule has 5 nitrogen and oxygen atoms in total. The molecule has 4 heterocycles. The van der Waals surface area contributed by atoms with Gasteiger partial charge in [-0.15, -0.1) is 11.3 Å². The van der Waals surface area contributed by atoms with E-state index < -0.39 is 0 Å². The van der Waals surface area contributed by atoms with Crippen LogP contribution in [0.3, 0.4) is 0 Å². The summed E-state index contributed by atoms with van der Waals surface area (Å²) in [4.78, 5) is 16.2. The van der Waals surface area contributed by atoms with Crippen LogP contribution in [0, 0.1) is 11.0 Å². The molecule has 0 saturated carbocycles. The second kappa shape index (κ2) is 5.20. The molecule has 22 heavy (non-hydrogen) atoms. The average molecular weight is 335 g/mol. The van der Waals surface area contributed by atoms with Gasteiger partial charge >= 0.3 is 0 Å². The highest BCUT2D eigenvalue weighted by atomic mass is 32.2. The monoisotopic (exact) mass is 335 g/mol. The van der Waals surface area contributed by atoms with Gasteiger partial charge in [0.05, 0.1) is 4.75 Å². The number of nitrogens with zero attached hydrogens (tertiary/aromatic N) is 4. The van der Waals surface area contributed by atoms with Crippen LogP contribution in [-0.2, 0) is 4.75 Å². The van der Waals surface area contributed by atoms with Gasteiger partial charge in [0.25, 0.3) is 0 Å². The van der Waals surface area contributed by atoms with Crippen LogP contribution in [-0.4, -0.2) is 34.8 Å². The van der Waals surface area contributed by atoms with Crippen molar-refractivity contribution in [2.24, 2.45) is 16.6 Å². The summed E-state index contributed by atoms with van der Waals surface area (Å²) in [5.74, 6) is 0.971. The standard InChI is InChI=1S/C14H14FN5S2/c15-11-3-2-10(21-11)14-8-20(13-17-4-1-5-18-13)7-9(14)6-19-12(16)22-14/h1-5,9H,6-8H2,(H2,16,19)/t9-,14-/m0/s1. The third-order valence-electron chi connectivity index (χ3n) is 4.11. The summed E-state index contributed by atoms with van der Waals surface area (Å²) in [5, 5.41) is 0.403. The number of hydrogen-bond acceptors (Lipinski definition) is 7. The van der Waals surface area contributed by atoms with Crippen molar-refractivity contribution in [3.05, 3.63) is 40.6 Å². The van der Waals surface area contributed by atoms with Gasteiger partial charge in [0, 0.05) is 42.8 Å². The van der Waals surface area contributed by atoms with Crippen LogP contribution in [0.5, 0.6) is 0 Å². The molecule has 4 rings (SSSR count). The third-order valence-corrected chi connectivity index (χ3v) is 6.67. The Morgan fingerprint density at radius 1 is 1.32 bits per heavy atom. The van der Waals surface area contributed by atoms with E-state index in [1.54, 1.807) is 30.2 Å². The maximum atomic E-state index is 13.6. The van der Waals surface area contributed by atoms with Crippen LogP contribution >= 0.6 is 23.1 Å². The highest BCUT2D eigenvalue weighted by molar-refractivity contribution is 8.14. The molecule has 0 unspecified atom stereocenters. The van der Waals surface area contributed by atoms with Crippen molar-refractivity contribution in [2.45, 2.75) is 4.75 Å². The molecule has 1 fully saturated rings. The van der Waals surface area contributed by atoms with Gasteiger partial charge in [0.2, 0.25) is 5.95 Å². The Balaban J connectivity index is 1.74. The van der Waals surface area contributed by atoms with Crippen molar-refractivity contribution < 1.29 is 4.39 Å². The highest BCUT2D eigenvalue weighted by Crippen LogP contribution is 2.52. The molecule has 0 spiro atoms. The molecule has 2 atom stereocenters. The number of aliphatic imine (C=N–C) groups is 1. The molecule has 2 aromatic heterocycles. The molecule has 8 heteroatoms. The molecule has 0 radical (unpaired) electrons. The molecule has 0 amide bonds. The van der Waals surface area contributed by atoms with E-state index in [-0.39, 0.29) is 15.8 Å². The minimum Gasteiger partial charge on any atom is -0.379 e. The average Bonchev–Trinajstić information content (AvgIpc) is 3.12. The van der Waals surface area contributed by atoms with Gasteiger partial charge in [-0.05, 0) is 18.2 Å². The third kappa shape index (κ3) is 2.17. The quantitative estimate of drug-likeness (QED) is 0.910. The van der Waals surface area contributed by atoms with Gasteiger partial charge in [-0.2, -0.15) is 4.39 Å². The molecule has 1 saturated heterocycles. The first-order valence-corrected chi connectivity index (χ1v) is 8.57. The van der Waals surface area contributed by atoms with Crippen molar-refractivity contribution in [1.29, 1.82) is 0 Å². The number of amidine groups is 1.